The maximum absolute atomic E-state index is 5.46. The second kappa shape index (κ2) is 5.39. The standard InChI is InChI=1S/C17H14N2S/c1-13-12-16(14-8-4-2-5-9-14)18-17(20)19(13)15-10-6-3-7-11-15/h2-12H,1H3. The monoisotopic (exact) mass is 278 g/mol. The zero-order valence-electron chi connectivity index (χ0n) is 11.2. The molecule has 2 nitrogen and oxygen atoms in total. The van der Waals surface area contributed by atoms with Gasteiger partial charge in [0.05, 0.1) is 5.69 Å². The van der Waals surface area contributed by atoms with E-state index in [2.05, 4.69) is 18.0 Å². The van der Waals surface area contributed by atoms with Crippen LogP contribution in [0.2, 0.25) is 0 Å². The molecule has 0 bridgehead atoms. The average Bonchev–Trinajstić information content (AvgIpc) is 2.48. The van der Waals surface area contributed by atoms with Gasteiger partial charge in [0.15, 0.2) is 0 Å². The maximum Gasteiger partial charge on any atom is 0.204 e. The van der Waals surface area contributed by atoms with Crippen LogP contribution in [0, 0.1) is 11.7 Å². The highest BCUT2D eigenvalue weighted by Crippen LogP contribution is 2.20. The molecular weight excluding hydrogens is 264 g/mol. The van der Waals surface area contributed by atoms with Crippen molar-refractivity contribution in [2.45, 2.75) is 6.92 Å². The number of para-hydroxylation sites is 1. The molecule has 0 aliphatic rings. The molecule has 0 aliphatic carbocycles. The number of nitrogens with zero attached hydrogens (tertiary/aromatic N) is 2. The Hall–Kier alpha value is -2.26. The summed E-state index contributed by atoms with van der Waals surface area (Å²) in [6.07, 6.45) is 0. The van der Waals surface area contributed by atoms with E-state index < -0.39 is 0 Å². The first-order valence-electron chi connectivity index (χ1n) is 6.47. The molecule has 0 N–H and O–H groups in total. The molecule has 2 aromatic carbocycles. The molecule has 0 aliphatic heterocycles. The van der Waals surface area contributed by atoms with Gasteiger partial charge in [0.1, 0.15) is 0 Å². The second-order valence-corrected chi connectivity index (χ2v) is 4.97. The Morgan fingerprint density at radius 1 is 0.900 bits per heavy atom. The van der Waals surface area contributed by atoms with Crippen molar-refractivity contribution in [2.75, 3.05) is 0 Å². The van der Waals surface area contributed by atoms with Crippen LogP contribution in [0.1, 0.15) is 5.69 Å². The van der Waals surface area contributed by atoms with Gasteiger partial charge in [-0.15, -0.1) is 0 Å². The Morgan fingerprint density at radius 3 is 2.10 bits per heavy atom. The third kappa shape index (κ3) is 2.40. The van der Waals surface area contributed by atoms with E-state index in [-0.39, 0.29) is 0 Å². The molecule has 0 saturated carbocycles. The summed E-state index contributed by atoms with van der Waals surface area (Å²) in [4.78, 5) is 4.56. The zero-order valence-corrected chi connectivity index (χ0v) is 12.0. The highest BCUT2D eigenvalue weighted by Gasteiger charge is 2.06. The van der Waals surface area contributed by atoms with E-state index in [1.54, 1.807) is 0 Å². The van der Waals surface area contributed by atoms with Crippen LogP contribution in [0.5, 0.6) is 0 Å². The topological polar surface area (TPSA) is 17.8 Å². The first-order chi connectivity index (χ1) is 9.75. The minimum Gasteiger partial charge on any atom is -0.290 e. The van der Waals surface area contributed by atoms with Crippen LogP contribution in [-0.4, -0.2) is 9.55 Å². The number of aromatic nitrogens is 2. The van der Waals surface area contributed by atoms with Gasteiger partial charge in [-0.25, -0.2) is 4.98 Å². The molecule has 0 amide bonds. The largest absolute Gasteiger partial charge is 0.290 e. The Kier molecular flexibility index (Phi) is 3.44. The van der Waals surface area contributed by atoms with Gasteiger partial charge in [0, 0.05) is 16.9 Å². The fourth-order valence-electron chi connectivity index (χ4n) is 2.25. The SMILES string of the molecule is Cc1cc(-c2ccccc2)nc(=S)n1-c1ccccc1. The van der Waals surface area contributed by atoms with Crippen molar-refractivity contribution in [2.24, 2.45) is 0 Å². The molecule has 3 aromatic rings. The summed E-state index contributed by atoms with van der Waals surface area (Å²) in [6, 6.07) is 22.2. The highest BCUT2D eigenvalue weighted by atomic mass is 32.1. The van der Waals surface area contributed by atoms with Crippen molar-refractivity contribution in [3.05, 3.63) is 77.2 Å². The normalized spacial score (nSPS) is 10.4. The second-order valence-electron chi connectivity index (χ2n) is 4.60. The van der Waals surface area contributed by atoms with Crippen LogP contribution in [0.15, 0.2) is 66.7 Å². The summed E-state index contributed by atoms with van der Waals surface area (Å²) in [5, 5.41) is 0. The van der Waals surface area contributed by atoms with Gasteiger partial charge < -0.3 is 0 Å². The van der Waals surface area contributed by atoms with E-state index in [0.717, 1.165) is 22.6 Å². The smallest absolute Gasteiger partial charge is 0.204 e. The van der Waals surface area contributed by atoms with Crippen molar-refractivity contribution < 1.29 is 0 Å². The van der Waals surface area contributed by atoms with Gasteiger partial charge in [-0.1, -0.05) is 48.5 Å². The van der Waals surface area contributed by atoms with E-state index >= 15 is 0 Å². The van der Waals surface area contributed by atoms with E-state index in [9.17, 15) is 0 Å². The third-order valence-electron chi connectivity index (χ3n) is 3.19. The number of benzene rings is 2. The maximum atomic E-state index is 5.46. The third-order valence-corrected chi connectivity index (χ3v) is 3.46. The molecule has 1 aromatic heterocycles. The summed E-state index contributed by atoms with van der Waals surface area (Å²) in [5.41, 5.74) is 4.12. The Labute approximate surface area is 123 Å². The predicted octanol–water partition coefficient (Wildman–Crippen LogP) is 4.58. The number of aryl methyl sites for hydroxylation is 1. The molecule has 20 heavy (non-hydrogen) atoms. The summed E-state index contributed by atoms with van der Waals surface area (Å²) in [7, 11) is 0. The molecule has 0 spiro atoms. The van der Waals surface area contributed by atoms with Crippen molar-refractivity contribution >= 4 is 12.2 Å². The lowest BCUT2D eigenvalue weighted by atomic mass is 10.1. The van der Waals surface area contributed by atoms with Gasteiger partial charge in [0.2, 0.25) is 4.77 Å². The van der Waals surface area contributed by atoms with Gasteiger partial charge in [-0.05, 0) is 37.3 Å². The number of hydrogen-bond acceptors (Lipinski definition) is 2. The van der Waals surface area contributed by atoms with Crippen molar-refractivity contribution in [1.29, 1.82) is 0 Å². The predicted molar refractivity (Wildman–Crippen MR) is 84.6 cm³/mol. The minimum absolute atomic E-state index is 0.579. The van der Waals surface area contributed by atoms with Crippen molar-refractivity contribution in [3.63, 3.8) is 0 Å². The quantitative estimate of drug-likeness (QED) is 0.639. The highest BCUT2D eigenvalue weighted by molar-refractivity contribution is 7.71. The molecule has 0 atom stereocenters. The lowest BCUT2D eigenvalue weighted by molar-refractivity contribution is 0.911. The van der Waals surface area contributed by atoms with Crippen LogP contribution in [0.25, 0.3) is 16.9 Å². The van der Waals surface area contributed by atoms with Crippen LogP contribution >= 0.6 is 12.2 Å². The fraction of sp³-hybridized carbons (Fsp3) is 0.0588. The molecule has 0 unspecified atom stereocenters. The Morgan fingerprint density at radius 2 is 1.50 bits per heavy atom. The molecule has 3 heteroatoms. The number of hydrogen-bond donors (Lipinski definition) is 0. The molecular formula is C17H14N2S. The average molecular weight is 278 g/mol. The zero-order chi connectivity index (χ0) is 13.9. The number of rotatable bonds is 2. The van der Waals surface area contributed by atoms with E-state index in [1.807, 2.05) is 65.2 Å². The van der Waals surface area contributed by atoms with Crippen LogP contribution in [0.4, 0.5) is 0 Å². The fourth-order valence-corrected chi connectivity index (χ4v) is 2.59. The summed E-state index contributed by atoms with van der Waals surface area (Å²) < 4.78 is 2.57. The van der Waals surface area contributed by atoms with Gasteiger partial charge in [-0.2, -0.15) is 0 Å². The molecule has 98 valence electrons. The van der Waals surface area contributed by atoms with E-state index in [1.165, 1.54) is 0 Å². The minimum atomic E-state index is 0.579. The lowest BCUT2D eigenvalue weighted by Gasteiger charge is -2.12. The van der Waals surface area contributed by atoms with E-state index in [0.29, 0.717) is 4.77 Å². The van der Waals surface area contributed by atoms with Crippen LogP contribution in [-0.2, 0) is 0 Å². The summed E-state index contributed by atoms with van der Waals surface area (Å²) in [5.74, 6) is 0. The molecule has 1 heterocycles. The van der Waals surface area contributed by atoms with Crippen LogP contribution < -0.4 is 0 Å². The van der Waals surface area contributed by atoms with Gasteiger partial charge in [0.25, 0.3) is 0 Å². The Balaban J connectivity index is 2.16. The molecule has 3 rings (SSSR count). The van der Waals surface area contributed by atoms with Gasteiger partial charge >= 0.3 is 0 Å². The molecule has 0 radical (unpaired) electrons. The van der Waals surface area contributed by atoms with Crippen molar-refractivity contribution in [3.8, 4) is 16.9 Å². The van der Waals surface area contributed by atoms with Gasteiger partial charge in [-0.3, -0.25) is 4.57 Å². The lowest BCUT2D eigenvalue weighted by Crippen LogP contribution is -2.04. The van der Waals surface area contributed by atoms with Crippen LogP contribution in [0.3, 0.4) is 0 Å². The summed E-state index contributed by atoms with van der Waals surface area (Å²) in [6.45, 7) is 2.05. The van der Waals surface area contributed by atoms with Crippen molar-refractivity contribution in [1.82, 2.24) is 9.55 Å². The molecule has 0 fully saturated rings. The molecule has 0 saturated heterocycles. The van der Waals surface area contributed by atoms with E-state index in [4.69, 9.17) is 12.2 Å². The first kappa shape index (κ1) is 12.8. The Bertz CT molecular complexity index is 777. The summed E-state index contributed by atoms with van der Waals surface area (Å²) >= 11 is 5.46. The first-order valence-corrected chi connectivity index (χ1v) is 6.88.